The minimum atomic E-state index is 0.655. The lowest BCUT2D eigenvalue weighted by molar-refractivity contribution is 0.110. The maximum absolute atomic E-state index is 6.12. The molecule has 0 radical (unpaired) electrons. The van der Waals surface area contributed by atoms with Crippen LogP contribution < -0.4 is 5.73 Å². The molecule has 0 amide bonds. The first-order valence-electron chi connectivity index (χ1n) is 7.80. The summed E-state index contributed by atoms with van der Waals surface area (Å²) in [6.07, 6.45) is 6.97. The highest BCUT2D eigenvalue weighted by Gasteiger charge is 2.32. The van der Waals surface area contributed by atoms with Crippen LogP contribution >= 0.6 is 11.8 Å². The van der Waals surface area contributed by atoms with E-state index < -0.39 is 0 Å². The van der Waals surface area contributed by atoms with Gasteiger partial charge in [0.2, 0.25) is 0 Å². The number of hydrogen-bond acceptors (Lipinski definition) is 3. The van der Waals surface area contributed by atoms with E-state index in [2.05, 4.69) is 30.5 Å². The highest BCUT2D eigenvalue weighted by atomic mass is 32.2. The van der Waals surface area contributed by atoms with Gasteiger partial charge in [0.05, 0.1) is 0 Å². The van der Waals surface area contributed by atoms with Crippen LogP contribution in [-0.4, -0.2) is 41.6 Å². The van der Waals surface area contributed by atoms with Gasteiger partial charge in [-0.2, -0.15) is 11.8 Å². The number of thioether (sulfide) groups is 1. The van der Waals surface area contributed by atoms with Crippen LogP contribution in [0.15, 0.2) is 0 Å². The molecule has 2 N–H and O–H groups in total. The van der Waals surface area contributed by atoms with Gasteiger partial charge in [-0.05, 0) is 31.1 Å². The fourth-order valence-corrected chi connectivity index (χ4v) is 4.97. The summed E-state index contributed by atoms with van der Waals surface area (Å²) in [5.74, 6) is 3.08. The Morgan fingerprint density at radius 1 is 1.39 bits per heavy atom. The van der Waals surface area contributed by atoms with Gasteiger partial charge in [0.1, 0.15) is 0 Å². The number of rotatable bonds is 4. The van der Waals surface area contributed by atoms with Crippen molar-refractivity contribution in [3.05, 3.63) is 0 Å². The summed E-state index contributed by atoms with van der Waals surface area (Å²) in [4.78, 5) is 2.72. The third-order valence-corrected chi connectivity index (χ3v) is 6.23. The summed E-state index contributed by atoms with van der Waals surface area (Å²) in [6.45, 7) is 8.13. The lowest BCUT2D eigenvalue weighted by atomic mass is 9.78. The number of nitrogens with two attached hydrogens (primary N) is 1. The molecule has 2 rings (SSSR count). The van der Waals surface area contributed by atoms with E-state index >= 15 is 0 Å². The zero-order chi connectivity index (χ0) is 13.0. The van der Waals surface area contributed by atoms with Crippen molar-refractivity contribution < 1.29 is 0 Å². The van der Waals surface area contributed by atoms with E-state index in [4.69, 9.17) is 5.73 Å². The molecule has 1 aliphatic carbocycles. The molecule has 0 aromatic rings. The molecule has 0 aromatic carbocycles. The molecular weight excluding hydrogens is 240 g/mol. The monoisotopic (exact) mass is 270 g/mol. The average Bonchev–Trinajstić information content (AvgIpc) is 2.40. The van der Waals surface area contributed by atoms with Crippen molar-refractivity contribution in [3.63, 3.8) is 0 Å². The molecule has 0 spiro atoms. The maximum Gasteiger partial charge on any atom is 0.0247 e. The second kappa shape index (κ2) is 7.16. The van der Waals surface area contributed by atoms with E-state index in [9.17, 15) is 0 Å². The second-order valence-electron chi connectivity index (χ2n) is 6.23. The molecule has 4 unspecified atom stereocenters. The molecule has 1 heterocycles. The Labute approximate surface area is 117 Å². The Balaban J connectivity index is 1.94. The molecule has 2 aliphatic rings. The normalized spacial score (nSPS) is 36.5. The van der Waals surface area contributed by atoms with E-state index in [1.165, 1.54) is 50.9 Å². The van der Waals surface area contributed by atoms with Crippen LogP contribution in [0.25, 0.3) is 0 Å². The maximum atomic E-state index is 6.12. The van der Waals surface area contributed by atoms with Crippen molar-refractivity contribution in [2.24, 2.45) is 17.6 Å². The van der Waals surface area contributed by atoms with Crippen LogP contribution in [0.2, 0.25) is 0 Å². The second-order valence-corrected chi connectivity index (χ2v) is 7.64. The van der Waals surface area contributed by atoms with Gasteiger partial charge in [-0.1, -0.05) is 26.7 Å². The van der Waals surface area contributed by atoms with E-state index in [0.29, 0.717) is 6.04 Å². The first-order valence-corrected chi connectivity index (χ1v) is 8.85. The van der Waals surface area contributed by atoms with Crippen LogP contribution in [0.3, 0.4) is 0 Å². The summed E-state index contributed by atoms with van der Waals surface area (Å²) in [6, 6.07) is 0.655. The van der Waals surface area contributed by atoms with Gasteiger partial charge in [0.15, 0.2) is 0 Å². The largest absolute Gasteiger partial charge is 0.329 e. The Kier molecular flexibility index (Phi) is 5.84. The smallest absolute Gasteiger partial charge is 0.0247 e. The highest BCUT2D eigenvalue weighted by Crippen LogP contribution is 2.34. The molecule has 18 heavy (non-hydrogen) atoms. The van der Waals surface area contributed by atoms with Crippen LogP contribution in [-0.2, 0) is 0 Å². The standard InChI is InChI=1S/C15H30N2S/c1-3-14-11-17(7-8-18-14)15(10-16)13-6-4-5-12(2)9-13/h12-15H,3-11,16H2,1-2H3. The van der Waals surface area contributed by atoms with Crippen molar-refractivity contribution >= 4 is 11.8 Å². The number of hydrogen-bond donors (Lipinski definition) is 1. The van der Waals surface area contributed by atoms with Crippen LogP contribution in [0, 0.1) is 11.8 Å². The fraction of sp³-hybridized carbons (Fsp3) is 1.00. The van der Waals surface area contributed by atoms with Crippen molar-refractivity contribution in [1.82, 2.24) is 4.90 Å². The van der Waals surface area contributed by atoms with E-state index in [-0.39, 0.29) is 0 Å². The molecule has 1 saturated heterocycles. The van der Waals surface area contributed by atoms with Crippen molar-refractivity contribution in [2.75, 3.05) is 25.4 Å². The summed E-state index contributed by atoms with van der Waals surface area (Å²) in [5, 5.41) is 0.841. The molecule has 4 atom stereocenters. The SMILES string of the molecule is CCC1CN(C(CN)C2CCCC(C)C2)CCS1. The quantitative estimate of drug-likeness (QED) is 0.851. The minimum Gasteiger partial charge on any atom is -0.329 e. The molecule has 2 fully saturated rings. The molecule has 2 nitrogen and oxygen atoms in total. The Morgan fingerprint density at radius 2 is 2.22 bits per heavy atom. The van der Waals surface area contributed by atoms with Gasteiger partial charge >= 0.3 is 0 Å². The van der Waals surface area contributed by atoms with Gasteiger partial charge in [-0.3, -0.25) is 4.90 Å². The molecule has 1 aliphatic heterocycles. The Morgan fingerprint density at radius 3 is 2.89 bits per heavy atom. The van der Waals surface area contributed by atoms with Crippen LogP contribution in [0.5, 0.6) is 0 Å². The summed E-state index contributed by atoms with van der Waals surface area (Å²) in [5.41, 5.74) is 6.12. The Hall–Kier alpha value is 0.270. The fourth-order valence-electron chi connectivity index (χ4n) is 3.76. The van der Waals surface area contributed by atoms with Gasteiger partial charge in [0.25, 0.3) is 0 Å². The summed E-state index contributed by atoms with van der Waals surface area (Å²) >= 11 is 2.16. The molecule has 3 heteroatoms. The minimum absolute atomic E-state index is 0.655. The lowest BCUT2D eigenvalue weighted by Crippen LogP contribution is -2.51. The molecule has 0 aromatic heterocycles. The lowest BCUT2D eigenvalue weighted by Gasteiger charge is -2.43. The van der Waals surface area contributed by atoms with E-state index in [1.807, 2.05) is 0 Å². The third kappa shape index (κ3) is 3.64. The number of nitrogens with zero attached hydrogens (tertiary/aromatic N) is 1. The summed E-state index contributed by atoms with van der Waals surface area (Å²) < 4.78 is 0. The predicted octanol–water partition coefficient (Wildman–Crippen LogP) is 2.97. The topological polar surface area (TPSA) is 29.3 Å². The predicted molar refractivity (Wildman–Crippen MR) is 82.1 cm³/mol. The molecule has 1 saturated carbocycles. The van der Waals surface area contributed by atoms with Gasteiger partial charge in [0, 0.05) is 36.7 Å². The highest BCUT2D eigenvalue weighted by molar-refractivity contribution is 8.00. The van der Waals surface area contributed by atoms with Gasteiger partial charge in [-0.25, -0.2) is 0 Å². The first kappa shape index (κ1) is 14.7. The molecule has 106 valence electrons. The van der Waals surface area contributed by atoms with Gasteiger partial charge < -0.3 is 5.73 Å². The van der Waals surface area contributed by atoms with Crippen LogP contribution in [0.1, 0.15) is 46.0 Å². The van der Waals surface area contributed by atoms with Crippen molar-refractivity contribution in [2.45, 2.75) is 57.2 Å². The van der Waals surface area contributed by atoms with Crippen molar-refractivity contribution in [1.29, 1.82) is 0 Å². The average molecular weight is 270 g/mol. The molecular formula is C15H30N2S. The van der Waals surface area contributed by atoms with E-state index in [1.54, 1.807) is 0 Å². The summed E-state index contributed by atoms with van der Waals surface area (Å²) in [7, 11) is 0. The zero-order valence-corrected chi connectivity index (χ0v) is 12.9. The molecule has 0 bridgehead atoms. The Bertz CT molecular complexity index is 247. The van der Waals surface area contributed by atoms with E-state index in [0.717, 1.165) is 23.6 Å². The van der Waals surface area contributed by atoms with Gasteiger partial charge in [-0.15, -0.1) is 0 Å². The third-order valence-electron chi connectivity index (χ3n) is 4.86. The first-order chi connectivity index (χ1) is 8.74. The zero-order valence-electron chi connectivity index (χ0n) is 12.1. The van der Waals surface area contributed by atoms with Crippen LogP contribution in [0.4, 0.5) is 0 Å². The van der Waals surface area contributed by atoms with Crippen molar-refractivity contribution in [3.8, 4) is 0 Å².